The molecule has 0 spiro atoms. The van der Waals surface area contributed by atoms with Crippen molar-refractivity contribution in [2.45, 2.75) is 31.7 Å². The van der Waals surface area contributed by atoms with E-state index < -0.39 is 7.52 Å². The summed E-state index contributed by atoms with van der Waals surface area (Å²) in [6.07, 6.45) is 4.85. The molecule has 1 aliphatic carbocycles. The number of benzene rings is 1. The van der Waals surface area contributed by atoms with E-state index in [0.717, 1.165) is 11.7 Å². The van der Waals surface area contributed by atoms with Gasteiger partial charge in [0, 0.05) is 6.04 Å². The van der Waals surface area contributed by atoms with Crippen molar-refractivity contribution < 1.29 is 9.09 Å². The zero-order valence-corrected chi connectivity index (χ0v) is 10.7. The van der Waals surface area contributed by atoms with Crippen molar-refractivity contribution in [1.29, 1.82) is 0 Å². The van der Waals surface area contributed by atoms with E-state index in [2.05, 4.69) is 5.09 Å². The maximum Gasteiger partial charge on any atom is 0.299 e. The molecule has 1 N–H and O–H groups in total. The molecule has 0 aromatic heterocycles. The van der Waals surface area contributed by atoms with E-state index in [0.29, 0.717) is 18.6 Å². The quantitative estimate of drug-likeness (QED) is 0.780. The van der Waals surface area contributed by atoms with Crippen LogP contribution in [0.3, 0.4) is 0 Å². The van der Waals surface area contributed by atoms with E-state index in [1.807, 2.05) is 30.3 Å². The zero-order chi connectivity index (χ0) is 11.7. The normalized spacial score (nSPS) is 37.4. The summed E-state index contributed by atoms with van der Waals surface area (Å²) in [6, 6.07) is 9.90. The summed E-state index contributed by atoms with van der Waals surface area (Å²) in [5.74, 6) is 0.550. The van der Waals surface area contributed by atoms with Crippen LogP contribution in [-0.2, 0) is 9.09 Å². The maximum atomic E-state index is 12.8. The zero-order valence-electron chi connectivity index (χ0n) is 9.84. The minimum Gasteiger partial charge on any atom is -0.314 e. The second-order valence-corrected chi connectivity index (χ2v) is 7.10. The Morgan fingerprint density at radius 2 is 1.94 bits per heavy atom. The highest BCUT2D eigenvalue weighted by Crippen LogP contribution is 2.48. The topological polar surface area (TPSA) is 38.3 Å². The molecule has 0 amide bonds. The summed E-state index contributed by atoms with van der Waals surface area (Å²) in [5.41, 5.74) is 0. The van der Waals surface area contributed by atoms with E-state index in [4.69, 9.17) is 4.52 Å². The molecule has 1 saturated heterocycles. The van der Waals surface area contributed by atoms with Gasteiger partial charge in [0.2, 0.25) is 0 Å². The second-order valence-electron chi connectivity index (χ2n) is 4.96. The number of fused-ring (bicyclic) bond motifs is 1. The van der Waals surface area contributed by atoms with Crippen LogP contribution in [0.1, 0.15) is 25.7 Å². The molecule has 2 fully saturated rings. The molecule has 0 bridgehead atoms. The average Bonchev–Trinajstić information content (AvgIpc) is 2.40. The van der Waals surface area contributed by atoms with Crippen molar-refractivity contribution in [1.82, 2.24) is 5.09 Å². The lowest BCUT2D eigenvalue weighted by atomic mass is 9.86. The molecule has 1 aromatic rings. The molecule has 92 valence electrons. The van der Waals surface area contributed by atoms with Gasteiger partial charge in [0.05, 0.1) is 11.9 Å². The highest BCUT2D eigenvalue weighted by molar-refractivity contribution is 7.65. The van der Waals surface area contributed by atoms with Crippen LogP contribution >= 0.6 is 7.52 Å². The van der Waals surface area contributed by atoms with Gasteiger partial charge >= 0.3 is 0 Å². The van der Waals surface area contributed by atoms with Gasteiger partial charge in [-0.25, -0.2) is 5.09 Å². The van der Waals surface area contributed by atoms with Gasteiger partial charge in [-0.2, -0.15) is 0 Å². The molecule has 0 radical (unpaired) electrons. The predicted octanol–water partition coefficient (Wildman–Crippen LogP) is 2.68. The molecular formula is C13H18NO2P. The van der Waals surface area contributed by atoms with Crippen molar-refractivity contribution >= 4 is 12.8 Å². The standard InChI is InChI=1S/C13H18NO2P/c15-17(12-7-2-1-3-8-12)14-13-9-5-4-6-11(13)10-16-17/h1-3,7-8,11,13H,4-6,9-10H2,(H,14,15)/t11-,13-,17+/m1/s1. The smallest absolute Gasteiger partial charge is 0.299 e. The molecule has 1 saturated carbocycles. The van der Waals surface area contributed by atoms with Crippen LogP contribution in [-0.4, -0.2) is 12.6 Å². The van der Waals surface area contributed by atoms with Gasteiger partial charge in [0.15, 0.2) is 0 Å². The van der Waals surface area contributed by atoms with Gasteiger partial charge in [0.1, 0.15) is 0 Å². The molecule has 2 aliphatic rings. The molecule has 3 atom stereocenters. The SMILES string of the molecule is O=[P@]1(c2ccccc2)N[C@@H]2CCCC[C@@H]2CO1. The summed E-state index contributed by atoms with van der Waals surface area (Å²) in [7, 11) is -2.81. The minimum atomic E-state index is -2.81. The first-order valence-corrected chi connectivity index (χ1v) is 7.98. The predicted molar refractivity (Wildman–Crippen MR) is 68.5 cm³/mol. The third kappa shape index (κ3) is 2.20. The van der Waals surface area contributed by atoms with E-state index in [9.17, 15) is 4.57 Å². The van der Waals surface area contributed by atoms with Crippen molar-refractivity contribution in [3.63, 3.8) is 0 Å². The Bertz CT molecular complexity index is 434. The first-order chi connectivity index (χ1) is 8.28. The van der Waals surface area contributed by atoms with Crippen LogP contribution in [0.15, 0.2) is 30.3 Å². The Morgan fingerprint density at radius 1 is 1.18 bits per heavy atom. The Morgan fingerprint density at radius 3 is 2.76 bits per heavy atom. The van der Waals surface area contributed by atoms with E-state index in [1.165, 1.54) is 19.3 Å². The third-order valence-corrected chi connectivity index (χ3v) is 5.97. The van der Waals surface area contributed by atoms with Crippen LogP contribution in [0.25, 0.3) is 0 Å². The summed E-state index contributed by atoms with van der Waals surface area (Å²) >= 11 is 0. The number of hydrogen-bond donors (Lipinski definition) is 1. The van der Waals surface area contributed by atoms with Gasteiger partial charge in [-0.15, -0.1) is 0 Å². The fourth-order valence-electron chi connectivity index (χ4n) is 2.81. The summed E-state index contributed by atoms with van der Waals surface area (Å²) in [6.45, 7) is 0.643. The van der Waals surface area contributed by atoms with Crippen LogP contribution in [0.4, 0.5) is 0 Å². The van der Waals surface area contributed by atoms with E-state index >= 15 is 0 Å². The maximum absolute atomic E-state index is 12.8. The Hall–Kier alpha value is -0.630. The van der Waals surface area contributed by atoms with Crippen molar-refractivity contribution in [3.8, 4) is 0 Å². The number of nitrogens with one attached hydrogen (secondary N) is 1. The first kappa shape index (κ1) is 11.5. The Balaban J connectivity index is 1.83. The third-order valence-electron chi connectivity index (χ3n) is 3.81. The number of hydrogen-bond acceptors (Lipinski definition) is 2. The fraction of sp³-hybridized carbons (Fsp3) is 0.538. The molecule has 4 heteroatoms. The lowest BCUT2D eigenvalue weighted by Crippen LogP contribution is -2.45. The summed E-state index contributed by atoms with van der Waals surface area (Å²) in [5, 5.41) is 4.08. The highest BCUT2D eigenvalue weighted by Gasteiger charge is 2.39. The van der Waals surface area contributed by atoms with E-state index in [-0.39, 0.29) is 0 Å². The molecule has 3 nitrogen and oxygen atoms in total. The monoisotopic (exact) mass is 251 g/mol. The van der Waals surface area contributed by atoms with Gasteiger partial charge in [0.25, 0.3) is 7.52 Å². The van der Waals surface area contributed by atoms with Gasteiger partial charge < -0.3 is 4.52 Å². The molecule has 17 heavy (non-hydrogen) atoms. The molecular weight excluding hydrogens is 233 g/mol. The van der Waals surface area contributed by atoms with Crippen LogP contribution in [0.5, 0.6) is 0 Å². The summed E-state index contributed by atoms with van der Waals surface area (Å²) < 4.78 is 18.4. The lowest BCUT2D eigenvalue weighted by molar-refractivity contribution is 0.148. The molecule has 1 aromatic carbocycles. The van der Waals surface area contributed by atoms with Crippen LogP contribution in [0, 0.1) is 5.92 Å². The molecule has 1 heterocycles. The highest BCUT2D eigenvalue weighted by atomic mass is 31.2. The van der Waals surface area contributed by atoms with Gasteiger partial charge in [-0.05, 0) is 30.9 Å². The van der Waals surface area contributed by atoms with Crippen molar-refractivity contribution in [3.05, 3.63) is 30.3 Å². The Kier molecular flexibility index (Phi) is 3.08. The summed E-state index contributed by atoms with van der Waals surface area (Å²) in [4.78, 5) is 0. The second kappa shape index (κ2) is 4.56. The molecule has 1 aliphatic heterocycles. The fourth-order valence-corrected chi connectivity index (χ4v) is 4.92. The first-order valence-electron chi connectivity index (χ1n) is 6.36. The van der Waals surface area contributed by atoms with Crippen molar-refractivity contribution in [2.75, 3.05) is 6.61 Å². The van der Waals surface area contributed by atoms with Gasteiger partial charge in [-0.3, -0.25) is 4.57 Å². The van der Waals surface area contributed by atoms with Crippen LogP contribution in [0.2, 0.25) is 0 Å². The molecule has 3 rings (SSSR count). The average molecular weight is 251 g/mol. The van der Waals surface area contributed by atoms with Crippen molar-refractivity contribution in [2.24, 2.45) is 5.92 Å². The number of rotatable bonds is 1. The molecule has 0 unspecified atom stereocenters. The lowest BCUT2D eigenvalue weighted by Gasteiger charge is -2.39. The Labute approximate surface area is 102 Å². The van der Waals surface area contributed by atoms with Gasteiger partial charge in [-0.1, -0.05) is 31.0 Å². The largest absolute Gasteiger partial charge is 0.314 e. The van der Waals surface area contributed by atoms with Crippen LogP contribution < -0.4 is 10.4 Å². The van der Waals surface area contributed by atoms with E-state index in [1.54, 1.807) is 0 Å². The minimum absolute atomic E-state index is 0.378.